The van der Waals surface area contributed by atoms with Gasteiger partial charge in [0, 0.05) is 36.9 Å². The Hall–Kier alpha value is -7.79. The van der Waals surface area contributed by atoms with E-state index < -0.39 is 5.41 Å². The van der Waals surface area contributed by atoms with Crippen LogP contribution in [0.1, 0.15) is 22.3 Å². The molecule has 62 heavy (non-hydrogen) atoms. The average Bonchev–Trinajstić information content (AvgIpc) is 3.88. The molecule has 0 atom stereocenters. The van der Waals surface area contributed by atoms with E-state index in [1.165, 1.54) is 59.1 Å². The Balaban J connectivity index is 1.03. The van der Waals surface area contributed by atoms with Crippen molar-refractivity contribution in [1.82, 2.24) is 15.0 Å². The molecule has 0 amide bonds. The lowest BCUT2D eigenvalue weighted by molar-refractivity contribution is 0.768. The van der Waals surface area contributed by atoms with Gasteiger partial charge in [-0.2, -0.15) is 0 Å². The molecule has 1 aliphatic carbocycles. The first-order chi connectivity index (χ1) is 30.7. The molecule has 1 aliphatic rings. The van der Waals surface area contributed by atoms with Crippen molar-refractivity contribution in [2.45, 2.75) is 5.41 Å². The first-order valence-corrected chi connectivity index (χ1v) is 21.8. The second-order valence-corrected chi connectivity index (χ2v) is 17.0. The molecule has 11 aromatic rings. The van der Waals surface area contributed by atoms with E-state index in [0.29, 0.717) is 17.5 Å². The molecule has 0 saturated carbocycles. The van der Waals surface area contributed by atoms with E-state index in [4.69, 9.17) is 15.0 Å². The summed E-state index contributed by atoms with van der Waals surface area (Å²) < 4.78 is 2.61. The molecule has 12 rings (SSSR count). The van der Waals surface area contributed by atoms with Crippen LogP contribution < -0.4 is 0 Å². The lowest BCUT2D eigenvalue weighted by Gasteiger charge is -2.33. The Morgan fingerprint density at radius 3 is 1.55 bits per heavy atom. The molecule has 0 fully saturated rings. The van der Waals surface area contributed by atoms with Crippen molar-refractivity contribution >= 4 is 31.5 Å². The zero-order valence-electron chi connectivity index (χ0n) is 33.6. The molecule has 0 spiro atoms. The number of thiophene rings is 1. The fourth-order valence-corrected chi connectivity index (χ4v) is 10.7. The van der Waals surface area contributed by atoms with E-state index in [-0.39, 0.29) is 0 Å². The lowest BCUT2D eigenvalue weighted by Crippen LogP contribution is -2.28. The summed E-state index contributed by atoms with van der Waals surface area (Å²) in [5.74, 6) is 1.89. The third-order valence-electron chi connectivity index (χ3n) is 12.5. The molecule has 3 nitrogen and oxygen atoms in total. The summed E-state index contributed by atoms with van der Waals surface area (Å²) in [4.78, 5) is 15.8. The van der Waals surface area contributed by atoms with E-state index in [2.05, 4.69) is 218 Å². The van der Waals surface area contributed by atoms with Gasteiger partial charge in [0.05, 0.1) is 5.41 Å². The van der Waals surface area contributed by atoms with Crippen LogP contribution in [0.25, 0.3) is 87.7 Å². The molecule has 0 radical (unpaired) electrons. The molecule has 4 heteroatoms. The van der Waals surface area contributed by atoms with Gasteiger partial charge in [-0.05, 0) is 79.9 Å². The lowest BCUT2D eigenvalue weighted by atomic mass is 9.67. The van der Waals surface area contributed by atoms with Crippen LogP contribution in [0.4, 0.5) is 0 Å². The number of fused-ring (bicyclic) bond motifs is 6. The van der Waals surface area contributed by atoms with Gasteiger partial charge < -0.3 is 0 Å². The fourth-order valence-electron chi connectivity index (χ4n) is 9.61. The summed E-state index contributed by atoms with van der Waals surface area (Å²) in [6, 6.07) is 80.4. The molecule has 9 aromatic carbocycles. The van der Waals surface area contributed by atoms with Crippen LogP contribution in [-0.2, 0) is 5.41 Å². The van der Waals surface area contributed by atoms with E-state index in [1.54, 1.807) is 0 Å². The van der Waals surface area contributed by atoms with Gasteiger partial charge in [-0.15, -0.1) is 11.3 Å². The van der Waals surface area contributed by atoms with Crippen molar-refractivity contribution in [3.05, 3.63) is 247 Å². The van der Waals surface area contributed by atoms with Crippen molar-refractivity contribution in [2.24, 2.45) is 0 Å². The molecule has 0 unspecified atom stereocenters. The minimum atomic E-state index is -0.486. The molecule has 290 valence electrons. The topological polar surface area (TPSA) is 38.7 Å². The van der Waals surface area contributed by atoms with E-state index in [0.717, 1.165) is 33.4 Å². The van der Waals surface area contributed by atoms with Crippen molar-refractivity contribution in [1.29, 1.82) is 0 Å². The number of hydrogen-bond acceptors (Lipinski definition) is 4. The van der Waals surface area contributed by atoms with Gasteiger partial charge in [-0.25, -0.2) is 15.0 Å². The van der Waals surface area contributed by atoms with Gasteiger partial charge in [0.15, 0.2) is 17.5 Å². The number of rotatable bonds is 7. The predicted molar refractivity (Wildman–Crippen MR) is 257 cm³/mol. The minimum absolute atomic E-state index is 0.486. The number of nitrogens with zero attached hydrogens (tertiary/aromatic N) is 3. The number of hydrogen-bond donors (Lipinski definition) is 0. The highest BCUT2D eigenvalue weighted by Crippen LogP contribution is 2.56. The fraction of sp³-hybridized carbons (Fsp3) is 0.0172. The molecular formula is C58H37N3S. The Morgan fingerprint density at radius 1 is 0.290 bits per heavy atom. The average molecular weight is 808 g/mol. The molecule has 2 heterocycles. The Bertz CT molecular complexity index is 3410. The van der Waals surface area contributed by atoms with E-state index >= 15 is 0 Å². The molecule has 0 bridgehead atoms. The van der Waals surface area contributed by atoms with Gasteiger partial charge in [0.1, 0.15) is 0 Å². The molecule has 0 N–H and O–H groups in total. The van der Waals surface area contributed by atoms with Crippen molar-refractivity contribution in [2.75, 3.05) is 0 Å². The van der Waals surface area contributed by atoms with Crippen LogP contribution in [0, 0.1) is 0 Å². The monoisotopic (exact) mass is 807 g/mol. The van der Waals surface area contributed by atoms with Gasteiger partial charge >= 0.3 is 0 Å². The summed E-state index contributed by atoms with van der Waals surface area (Å²) in [6.07, 6.45) is 0. The molecule has 0 aliphatic heterocycles. The second-order valence-electron chi connectivity index (χ2n) is 15.9. The normalized spacial score (nSPS) is 12.6. The maximum absolute atomic E-state index is 5.31. The molecular weight excluding hydrogens is 771 g/mol. The Kier molecular flexibility index (Phi) is 8.58. The van der Waals surface area contributed by atoms with E-state index in [1.807, 2.05) is 17.4 Å². The van der Waals surface area contributed by atoms with Crippen LogP contribution in [0.3, 0.4) is 0 Å². The first-order valence-electron chi connectivity index (χ1n) is 21.0. The van der Waals surface area contributed by atoms with Crippen LogP contribution in [-0.4, -0.2) is 15.0 Å². The van der Waals surface area contributed by atoms with Crippen molar-refractivity contribution in [3.63, 3.8) is 0 Å². The largest absolute Gasteiger partial charge is 0.208 e. The minimum Gasteiger partial charge on any atom is -0.208 e. The first kappa shape index (κ1) is 36.1. The standard InChI is InChI=1S/C58H37N3S/c1-4-16-39(17-5-1)45-22-10-11-25-48(45)57-60-55(40-30-28-38(29-31-40)41-33-35-54-50(36-41)47-24-13-15-27-53(47)62-54)59-56(61-57)42-32-34-52-49(37-42)46-23-12-14-26-51(46)58(52,43-18-6-2-7-19-43)44-20-8-3-9-21-44/h1-37H. The molecule has 2 aromatic heterocycles. The van der Waals surface area contributed by atoms with Crippen LogP contribution in [0.2, 0.25) is 0 Å². The van der Waals surface area contributed by atoms with Crippen LogP contribution in [0.15, 0.2) is 224 Å². The SMILES string of the molecule is c1ccc(-c2ccccc2-c2nc(-c3ccc(-c4ccc5sc6ccccc6c5c4)cc3)nc(-c3ccc4c(c3)-c3ccccc3C4(c3ccccc3)c3ccccc3)n2)cc1. The van der Waals surface area contributed by atoms with Crippen molar-refractivity contribution < 1.29 is 0 Å². The Labute approximate surface area is 364 Å². The van der Waals surface area contributed by atoms with E-state index in [9.17, 15) is 0 Å². The highest BCUT2D eigenvalue weighted by molar-refractivity contribution is 7.25. The van der Waals surface area contributed by atoms with Gasteiger partial charge in [0.2, 0.25) is 0 Å². The van der Waals surface area contributed by atoms with Gasteiger partial charge in [-0.1, -0.05) is 200 Å². The maximum Gasteiger partial charge on any atom is 0.164 e. The third kappa shape index (κ3) is 5.83. The number of benzene rings is 9. The summed E-state index contributed by atoms with van der Waals surface area (Å²) in [5.41, 5.74) is 14.2. The highest BCUT2D eigenvalue weighted by atomic mass is 32.1. The second kappa shape index (κ2) is 14.7. The number of aromatic nitrogens is 3. The zero-order valence-corrected chi connectivity index (χ0v) is 34.4. The Morgan fingerprint density at radius 2 is 0.806 bits per heavy atom. The maximum atomic E-state index is 5.31. The quantitative estimate of drug-likeness (QED) is 0.161. The third-order valence-corrected chi connectivity index (χ3v) is 13.6. The van der Waals surface area contributed by atoms with Crippen LogP contribution in [0.5, 0.6) is 0 Å². The highest BCUT2D eigenvalue weighted by Gasteiger charge is 2.46. The smallest absolute Gasteiger partial charge is 0.164 e. The summed E-state index contributed by atoms with van der Waals surface area (Å²) in [7, 11) is 0. The summed E-state index contributed by atoms with van der Waals surface area (Å²) >= 11 is 1.84. The van der Waals surface area contributed by atoms with Gasteiger partial charge in [-0.3, -0.25) is 0 Å². The predicted octanol–water partition coefficient (Wildman–Crippen LogP) is 14.9. The van der Waals surface area contributed by atoms with Gasteiger partial charge in [0.25, 0.3) is 0 Å². The summed E-state index contributed by atoms with van der Waals surface area (Å²) in [6.45, 7) is 0. The summed E-state index contributed by atoms with van der Waals surface area (Å²) in [5, 5.41) is 2.59. The molecule has 0 saturated heterocycles. The van der Waals surface area contributed by atoms with Crippen LogP contribution >= 0.6 is 11.3 Å². The zero-order chi connectivity index (χ0) is 41.0. The van der Waals surface area contributed by atoms with Crippen molar-refractivity contribution in [3.8, 4) is 67.5 Å².